The smallest absolute Gasteiger partial charge is 0.267 e. The van der Waals surface area contributed by atoms with E-state index in [1.54, 1.807) is 6.07 Å². The molecule has 3 rings (SSSR count). The largest absolute Gasteiger partial charge is 0.364 e. The Bertz CT molecular complexity index is 603. The second kappa shape index (κ2) is 5.57. The number of rotatable bonds is 4. The molecule has 1 unspecified atom stereocenters. The van der Waals surface area contributed by atoms with Crippen LogP contribution in [0.4, 0.5) is 8.78 Å². The second-order valence-corrected chi connectivity index (χ2v) is 6.51. The van der Waals surface area contributed by atoms with E-state index in [9.17, 15) is 13.6 Å². The van der Waals surface area contributed by atoms with Gasteiger partial charge in [-0.1, -0.05) is 6.92 Å². The zero-order valence-corrected chi connectivity index (χ0v) is 12.7. The van der Waals surface area contributed by atoms with Crippen LogP contribution in [0.15, 0.2) is 6.07 Å². The van der Waals surface area contributed by atoms with E-state index in [1.807, 2.05) is 0 Å². The highest BCUT2D eigenvalue weighted by Crippen LogP contribution is 2.36. The monoisotopic (exact) mass is 309 g/mol. The molecule has 1 aromatic heterocycles. The third-order valence-electron chi connectivity index (χ3n) is 4.78. The summed E-state index contributed by atoms with van der Waals surface area (Å²) >= 11 is 0. The van der Waals surface area contributed by atoms with Crippen molar-refractivity contribution in [3.05, 3.63) is 28.6 Å². The summed E-state index contributed by atoms with van der Waals surface area (Å²) in [5.41, 5.74) is 8.67. The number of hydrogen-bond donors (Lipinski definition) is 2. The first kappa shape index (κ1) is 15.3. The lowest BCUT2D eigenvalue weighted by Gasteiger charge is -2.16. The molecular formula is C16H21F2N3O. The van der Waals surface area contributed by atoms with Gasteiger partial charge in [-0.25, -0.2) is 13.8 Å². The minimum absolute atomic E-state index is 0.0529. The van der Waals surface area contributed by atoms with Crippen molar-refractivity contribution in [3.8, 4) is 0 Å². The number of fused-ring (bicyclic) bond motifs is 1. The summed E-state index contributed by atoms with van der Waals surface area (Å²) in [5.74, 6) is -2.79. The number of aromatic nitrogens is 1. The molecule has 1 fully saturated rings. The van der Waals surface area contributed by atoms with Gasteiger partial charge in [0.05, 0.1) is 0 Å². The first-order valence-corrected chi connectivity index (χ1v) is 7.79. The number of primary amides is 1. The summed E-state index contributed by atoms with van der Waals surface area (Å²) < 4.78 is 26.5. The summed E-state index contributed by atoms with van der Waals surface area (Å²) in [6, 6.07) is 1.54. The predicted molar refractivity (Wildman–Crippen MR) is 78.9 cm³/mol. The molecule has 0 saturated heterocycles. The van der Waals surface area contributed by atoms with Crippen LogP contribution in [-0.4, -0.2) is 22.9 Å². The fourth-order valence-electron chi connectivity index (χ4n) is 3.50. The van der Waals surface area contributed by atoms with E-state index >= 15 is 0 Å². The number of halogens is 2. The van der Waals surface area contributed by atoms with Gasteiger partial charge in [-0.15, -0.1) is 0 Å². The van der Waals surface area contributed by atoms with E-state index in [-0.39, 0.29) is 24.6 Å². The Balaban J connectivity index is 1.78. The number of nitrogens with zero attached hydrogens (tertiary/aromatic N) is 1. The standard InChI is InChI=1S/C16H21F2N3O/c1-9-2-3-12-10(6-13(15(19)22)21-14(9)12)8-20-11-4-5-16(17,18)7-11/h6,9,11,20H,2-5,7-8H2,1H3,(H2,19,22)/t9?,11-/m1/s1. The van der Waals surface area contributed by atoms with E-state index in [1.165, 1.54) is 0 Å². The Labute approximate surface area is 128 Å². The molecule has 3 N–H and O–H groups in total. The molecule has 2 aliphatic carbocycles. The first-order valence-electron chi connectivity index (χ1n) is 7.79. The molecule has 6 heteroatoms. The fraction of sp³-hybridized carbons (Fsp3) is 0.625. The minimum atomic E-state index is -2.55. The Morgan fingerprint density at radius 3 is 2.91 bits per heavy atom. The van der Waals surface area contributed by atoms with Crippen molar-refractivity contribution >= 4 is 5.91 Å². The lowest BCUT2D eigenvalue weighted by atomic mass is 10.0. The Morgan fingerprint density at radius 2 is 2.27 bits per heavy atom. The third-order valence-corrected chi connectivity index (χ3v) is 4.78. The zero-order valence-electron chi connectivity index (χ0n) is 12.7. The Morgan fingerprint density at radius 1 is 1.50 bits per heavy atom. The summed E-state index contributed by atoms with van der Waals surface area (Å²) in [5, 5.41) is 3.20. The van der Waals surface area contributed by atoms with E-state index in [0.717, 1.165) is 29.7 Å². The molecule has 22 heavy (non-hydrogen) atoms. The van der Waals surface area contributed by atoms with E-state index in [2.05, 4.69) is 17.2 Å². The van der Waals surface area contributed by atoms with Crippen LogP contribution in [0.3, 0.4) is 0 Å². The quantitative estimate of drug-likeness (QED) is 0.898. The number of amides is 1. The van der Waals surface area contributed by atoms with Crippen LogP contribution in [-0.2, 0) is 13.0 Å². The molecule has 4 nitrogen and oxygen atoms in total. The average Bonchev–Trinajstić information content (AvgIpc) is 2.99. The molecule has 0 spiro atoms. The van der Waals surface area contributed by atoms with E-state index < -0.39 is 11.8 Å². The molecule has 1 saturated carbocycles. The van der Waals surface area contributed by atoms with Gasteiger partial charge in [0.2, 0.25) is 5.92 Å². The average molecular weight is 309 g/mol. The van der Waals surface area contributed by atoms with Gasteiger partial charge < -0.3 is 11.1 Å². The van der Waals surface area contributed by atoms with Crippen LogP contribution in [0, 0.1) is 0 Å². The number of nitrogens with one attached hydrogen (secondary N) is 1. The predicted octanol–water partition coefficient (Wildman–Crippen LogP) is 2.51. The van der Waals surface area contributed by atoms with Crippen LogP contribution in [0.5, 0.6) is 0 Å². The van der Waals surface area contributed by atoms with Gasteiger partial charge in [0, 0.05) is 31.1 Å². The zero-order chi connectivity index (χ0) is 15.9. The molecule has 1 amide bonds. The summed E-state index contributed by atoms with van der Waals surface area (Å²) in [6.07, 6.45) is 2.24. The normalized spacial score (nSPS) is 26.1. The van der Waals surface area contributed by atoms with Gasteiger partial charge in [-0.3, -0.25) is 4.79 Å². The van der Waals surface area contributed by atoms with Crippen LogP contribution in [0.25, 0.3) is 0 Å². The first-order chi connectivity index (χ1) is 10.4. The highest BCUT2D eigenvalue weighted by molar-refractivity contribution is 5.91. The van der Waals surface area contributed by atoms with Gasteiger partial charge >= 0.3 is 0 Å². The topological polar surface area (TPSA) is 68.0 Å². The number of carbonyl (C=O) groups excluding carboxylic acids is 1. The Kier molecular flexibility index (Phi) is 3.89. The molecular weight excluding hydrogens is 288 g/mol. The third kappa shape index (κ3) is 2.97. The molecule has 0 radical (unpaired) electrons. The van der Waals surface area contributed by atoms with Crippen LogP contribution in [0.2, 0.25) is 0 Å². The maximum absolute atomic E-state index is 13.2. The lowest BCUT2D eigenvalue weighted by Crippen LogP contribution is -2.28. The van der Waals surface area contributed by atoms with Crippen molar-refractivity contribution in [2.24, 2.45) is 5.73 Å². The number of alkyl halides is 2. The van der Waals surface area contributed by atoms with E-state index in [0.29, 0.717) is 18.9 Å². The maximum Gasteiger partial charge on any atom is 0.267 e. The maximum atomic E-state index is 13.2. The molecule has 0 aliphatic heterocycles. The van der Waals surface area contributed by atoms with Crippen molar-refractivity contribution in [3.63, 3.8) is 0 Å². The number of nitrogens with two attached hydrogens (primary N) is 1. The SMILES string of the molecule is CC1CCc2c(CN[C@@H]3CCC(F)(F)C3)cc(C(N)=O)nc21. The Hall–Kier alpha value is -1.56. The van der Waals surface area contributed by atoms with Crippen molar-refractivity contribution in [1.29, 1.82) is 0 Å². The minimum Gasteiger partial charge on any atom is -0.364 e. The molecule has 0 aromatic carbocycles. The number of pyridine rings is 1. The molecule has 120 valence electrons. The highest BCUT2D eigenvalue weighted by atomic mass is 19.3. The molecule has 2 atom stereocenters. The second-order valence-electron chi connectivity index (χ2n) is 6.51. The summed E-state index contributed by atoms with van der Waals surface area (Å²) in [6.45, 7) is 2.57. The highest BCUT2D eigenvalue weighted by Gasteiger charge is 2.39. The van der Waals surface area contributed by atoms with Crippen molar-refractivity contribution in [2.45, 2.75) is 63.5 Å². The van der Waals surface area contributed by atoms with Crippen molar-refractivity contribution < 1.29 is 13.6 Å². The summed E-state index contributed by atoms with van der Waals surface area (Å²) in [7, 11) is 0. The van der Waals surface area contributed by atoms with Crippen LogP contribution in [0.1, 0.15) is 65.8 Å². The van der Waals surface area contributed by atoms with E-state index in [4.69, 9.17) is 5.73 Å². The molecule has 2 aliphatic rings. The lowest BCUT2D eigenvalue weighted by molar-refractivity contribution is 0.00687. The summed E-state index contributed by atoms with van der Waals surface area (Å²) in [4.78, 5) is 15.8. The molecule has 0 bridgehead atoms. The van der Waals surface area contributed by atoms with Crippen molar-refractivity contribution in [2.75, 3.05) is 0 Å². The van der Waals surface area contributed by atoms with Crippen molar-refractivity contribution in [1.82, 2.24) is 10.3 Å². The van der Waals surface area contributed by atoms with Gasteiger partial charge in [0.25, 0.3) is 5.91 Å². The molecule has 1 heterocycles. The van der Waals surface area contributed by atoms with Gasteiger partial charge in [0.15, 0.2) is 0 Å². The van der Waals surface area contributed by atoms with Crippen LogP contribution >= 0.6 is 0 Å². The van der Waals surface area contributed by atoms with Gasteiger partial charge in [-0.2, -0.15) is 0 Å². The van der Waals surface area contributed by atoms with Gasteiger partial charge in [0.1, 0.15) is 5.69 Å². The molecule has 1 aromatic rings. The fourth-order valence-corrected chi connectivity index (χ4v) is 3.50. The van der Waals surface area contributed by atoms with Gasteiger partial charge in [-0.05, 0) is 42.4 Å². The van der Waals surface area contributed by atoms with Crippen LogP contribution < -0.4 is 11.1 Å². The number of hydrogen-bond acceptors (Lipinski definition) is 3. The number of carbonyl (C=O) groups is 1.